The minimum atomic E-state index is 0.135. The maximum absolute atomic E-state index is 7.79. The number of anilines is 1. The molecule has 3 N–H and O–H groups in total. The number of rotatable bonds is 2. The summed E-state index contributed by atoms with van der Waals surface area (Å²) in [5, 5.41) is 7.79. The van der Waals surface area contributed by atoms with Crippen LogP contribution in [0.5, 0.6) is 0 Å². The minimum absolute atomic E-state index is 0.135. The van der Waals surface area contributed by atoms with Gasteiger partial charge >= 0.3 is 0 Å². The molecule has 2 saturated heterocycles. The van der Waals surface area contributed by atoms with Crippen LogP contribution >= 0.6 is 15.9 Å². The van der Waals surface area contributed by atoms with E-state index in [1.54, 1.807) is 0 Å². The maximum Gasteiger partial charge on any atom is 0.126 e. The molecule has 1 unspecified atom stereocenters. The lowest BCUT2D eigenvalue weighted by Crippen LogP contribution is -2.50. The van der Waals surface area contributed by atoms with Crippen molar-refractivity contribution in [2.75, 3.05) is 31.1 Å². The molecule has 0 radical (unpaired) electrons. The molecule has 4 nitrogen and oxygen atoms in total. The molecule has 0 spiro atoms. The van der Waals surface area contributed by atoms with E-state index < -0.39 is 0 Å². The quantitative estimate of drug-likeness (QED) is 0.647. The molecule has 5 heteroatoms. The van der Waals surface area contributed by atoms with Gasteiger partial charge in [-0.3, -0.25) is 10.3 Å². The molecule has 2 aliphatic heterocycles. The van der Waals surface area contributed by atoms with Crippen molar-refractivity contribution in [1.29, 1.82) is 5.41 Å². The zero-order valence-corrected chi connectivity index (χ0v) is 12.5. The Hall–Kier alpha value is -1.07. The van der Waals surface area contributed by atoms with Crippen LogP contribution in [-0.2, 0) is 0 Å². The number of piperazine rings is 1. The van der Waals surface area contributed by atoms with Crippen LogP contribution in [0.1, 0.15) is 18.4 Å². The highest BCUT2D eigenvalue weighted by Crippen LogP contribution is 2.31. The van der Waals surface area contributed by atoms with Crippen molar-refractivity contribution in [1.82, 2.24) is 4.90 Å². The molecule has 2 heterocycles. The van der Waals surface area contributed by atoms with Crippen molar-refractivity contribution < 1.29 is 0 Å². The van der Waals surface area contributed by atoms with E-state index in [2.05, 4.69) is 31.8 Å². The summed E-state index contributed by atoms with van der Waals surface area (Å²) in [6.07, 6.45) is 2.61. The molecule has 0 aliphatic carbocycles. The molecular weight excluding hydrogens is 304 g/mol. The average Bonchev–Trinajstić information content (AvgIpc) is 2.85. The van der Waals surface area contributed by atoms with E-state index in [4.69, 9.17) is 11.1 Å². The van der Waals surface area contributed by atoms with Crippen LogP contribution in [-0.4, -0.2) is 43.0 Å². The van der Waals surface area contributed by atoms with Crippen LogP contribution in [0.3, 0.4) is 0 Å². The zero-order chi connectivity index (χ0) is 13.4. The fourth-order valence-corrected chi connectivity index (χ4v) is 3.82. The molecule has 0 aromatic heterocycles. The molecule has 2 aliphatic rings. The number of nitrogens with one attached hydrogen (secondary N) is 1. The Morgan fingerprint density at radius 1 is 1.32 bits per heavy atom. The van der Waals surface area contributed by atoms with Gasteiger partial charge in [-0.1, -0.05) is 6.07 Å². The van der Waals surface area contributed by atoms with Crippen LogP contribution in [0.25, 0.3) is 0 Å². The lowest BCUT2D eigenvalue weighted by molar-refractivity contribution is 0.231. The van der Waals surface area contributed by atoms with Gasteiger partial charge in [0.15, 0.2) is 0 Å². The van der Waals surface area contributed by atoms with Gasteiger partial charge in [0.1, 0.15) is 5.84 Å². The van der Waals surface area contributed by atoms with Gasteiger partial charge < -0.3 is 10.6 Å². The second kappa shape index (κ2) is 5.13. The standard InChI is InChI=1S/C14H19BrN4/c15-11-4-1-5-12(13(11)14(16)17)19-8-7-18-6-2-3-10(18)9-19/h1,4-5,10H,2-3,6-9H2,(H3,16,17). The Morgan fingerprint density at radius 2 is 2.16 bits per heavy atom. The number of nitrogen functional groups attached to an aromatic ring is 1. The highest BCUT2D eigenvalue weighted by molar-refractivity contribution is 9.10. The summed E-state index contributed by atoms with van der Waals surface area (Å²) in [4.78, 5) is 4.97. The number of hydrogen-bond donors (Lipinski definition) is 2. The number of nitrogens with two attached hydrogens (primary N) is 1. The molecule has 102 valence electrons. The smallest absolute Gasteiger partial charge is 0.126 e. The second-order valence-electron chi connectivity index (χ2n) is 5.33. The van der Waals surface area contributed by atoms with E-state index in [1.165, 1.54) is 19.4 Å². The number of halogens is 1. The van der Waals surface area contributed by atoms with Gasteiger partial charge in [0.05, 0.1) is 5.56 Å². The van der Waals surface area contributed by atoms with E-state index in [-0.39, 0.29) is 5.84 Å². The lowest BCUT2D eigenvalue weighted by atomic mass is 10.1. The highest BCUT2D eigenvalue weighted by atomic mass is 79.9. The third-order valence-electron chi connectivity index (χ3n) is 4.19. The van der Waals surface area contributed by atoms with Gasteiger partial charge in [-0.25, -0.2) is 0 Å². The molecule has 0 bridgehead atoms. The summed E-state index contributed by atoms with van der Waals surface area (Å²) >= 11 is 3.51. The summed E-state index contributed by atoms with van der Waals surface area (Å²) in [6.45, 7) is 4.44. The molecule has 3 rings (SSSR count). The summed E-state index contributed by atoms with van der Waals surface area (Å²) < 4.78 is 0.909. The SMILES string of the molecule is N=C(N)c1c(Br)cccc1N1CCN2CCCC2C1. The highest BCUT2D eigenvalue weighted by Gasteiger charge is 2.31. The zero-order valence-electron chi connectivity index (χ0n) is 10.9. The van der Waals surface area contributed by atoms with Crippen LogP contribution in [0.2, 0.25) is 0 Å². The number of nitrogens with zero attached hydrogens (tertiary/aromatic N) is 2. The predicted molar refractivity (Wildman–Crippen MR) is 82.0 cm³/mol. The summed E-state index contributed by atoms with van der Waals surface area (Å²) in [6, 6.07) is 6.72. The van der Waals surface area contributed by atoms with Gasteiger partial charge in [0, 0.05) is 35.8 Å². The Balaban J connectivity index is 1.90. The van der Waals surface area contributed by atoms with Crippen molar-refractivity contribution in [3.63, 3.8) is 0 Å². The van der Waals surface area contributed by atoms with Crippen LogP contribution in [0, 0.1) is 5.41 Å². The predicted octanol–water partition coefficient (Wildman–Crippen LogP) is 2.02. The molecule has 0 saturated carbocycles. The van der Waals surface area contributed by atoms with Crippen LogP contribution in [0.4, 0.5) is 5.69 Å². The monoisotopic (exact) mass is 322 g/mol. The Bertz CT molecular complexity index is 502. The summed E-state index contributed by atoms with van der Waals surface area (Å²) in [7, 11) is 0. The van der Waals surface area contributed by atoms with Crippen molar-refractivity contribution in [2.24, 2.45) is 5.73 Å². The summed E-state index contributed by atoms with van der Waals surface area (Å²) in [5.41, 5.74) is 7.66. The minimum Gasteiger partial charge on any atom is -0.384 e. The number of amidine groups is 1. The molecule has 19 heavy (non-hydrogen) atoms. The van der Waals surface area contributed by atoms with Crippen molar-refractivity contribution >= 4 is 27.5 Å². The fourth-order valence-electron chi connectivity index (χ4n) is 3.25. The van der Waals surface area contributed by atoms with Gasteiger partial charge in [0.2, 0.25) is 0 Å². The average molecular weight is 323 g/mol. The van der Waals surface area contributed by atoms with E-state index in [1.807, 2.05) is 12.1 Å². The maximum atomic E-state index is 7.79. The van der Waals surface area contributed by atoms with E-state index in [0.717, 1.165) is 35.4 Å². The van der Waals surface area contributed by atoms with E-state index in [0.29, 0.717) is 6.04 Å². The largest absolute Gasteiger partial charge is 0.384 e. The topological polar surface area (TPSA) is 56.4 Å². The molecule has 1 aromatic carbocycles. The normalized spacial score (nSPS) is 23.4. The lowest BCUT2D eigenvalue weighted by Gasteiger charge is -2.39. The number of benzene rings is 1. The van der Waals surface area contributed by atoms with E-state index in [9.17, 15) is 0 Å². The van der Waals surface area contributed by atoms with Crippen molar-refractivity contribution in [3.05, 3.63) is 28.2 Å². The van der Waals surface area contributed by atoms with Crippen LogP contribution < -0.4 is 10.6 Å². The van der Waals surface area contributed by atoms with Crippen LogP contribution in [0.15, 0.2) is 22.7 Å². The molecule has 1 aromatic rings. The first-order valence-electron chi connectivity index (χ1n) is 6.78. The molecule has 2 fully saturated rings. The first-order chi connectivity index (χ1) is 9.16. The first kappa shape index (κ1) is 12.9. The van der Waals surface area contributed by atoms with Gasteiger partial charge in [-0.05, 0) is 47.4 Å². The van der Waals surface area contributed by atoms with Crippen molar-refractivity contribution in [2.45, 2.75) is 18.9 Å². The van der Waals surface area contributed by atoms with E-state index >= 15 is 0 Å². The molecular formula is C14H19BrN4. The van der Waals surface area contributed by atoms with Gasteiger partial charge in [-0.15, -0.1) is 0 Å². The number of fused-ring (bicyclic) bond motifs is 1. The van der Waals surface area contributed by atoms with Crippen molar-refractivity contribution in [3.8, 4) is 0 Å². The fraction of sp³-hybridized carbons (Fsp3) is 0.500. The Labute approximate surface area is 122 Å². The Kier molecular flexibility index (Phi) is 3.50. The Morgan fingerprint density at radius 3 is 2.95 bits per heavy atom. The third-order valence-corrected chi connectivity index (χ3v) is 4.85. The third kappa shape index (κ3) is 2.37. The number of hydrogen-bond acceptors (Lipinski definition) is 3. The molecule has 0 amide bonds. The van der Waals surface area contributed by atoms with Gasteiger partial charge in [-0.2, -0.15) is 0 Å². The summed E-state index contributed by atoms with van der Waals surface area (Å²) in [5.74, 6) is 0.135. The second-order valence-corrected chi connectivity index (χ2v) is 6.18. The first-order valence-corrected chi connectivity index (χ1v) is 7.58. The molecule has 1 atom stereocenters. The van der Waals surface area contributed by atoms with Gasteiger partial charge in [0.25, 0.3) is 0 Å².